The van der Waals surface area contributed by atoms with Crippen molar-refractivity contribution in [3.63, 3.8) is 0 Å². The van der Waals surface area contributed by atoms with Crippen LogP contribution in [0.2, 0.25) is 0 Å². The molecule has 0 radical (unpaired) electrons. The molecule has 0 unspecified atom stereocenters. The Labute approximate surface area is 135 Å². The van der Waals surface area contributed by atoms with Gasteiger partial charge >= 0.3 is 0 Å². The minimum absolute atomic E-state index is 0.0287. The van der Waals surface area contributed by atoms with Crippen molar-refractivity contribution in [1.29, 1.82) is 0 Å². The topological polar surface area (TPSA) is 49.3 Å². The fourth-order valence-electron chi connectivity index (χ4n) is 1.44. The highest BCUT2D eigenvalue weighted by Crippen LogP contribution is 2.28. The normalized spacial score (nSPS) is 10.3. The third kappa shape index (κ3) is 3.58. The van der Waals surface area contributed by atoms with Gasteiger partial charge in [-0.25, -0.2) is 0 Å². The molecule has 0 aliphatic rings. The van der Waals surface area contributed by atoms with Crippen LogP contribution in [0.15, 0.2) is 49.8 Å². The first-order valence-corrected chi connectivity index (χ1v) is 7.60. The van der Waals surface area contributed by atoms with Crippen LogP contribution < -0.4 is 5.32 Å². The van der Waals surface area contributed by atoms with Gasteiger partial charge in [-0.1, -0.05) is 15.9 Å². The SMILES string of the molecule is O=C(Nc1cc(Br)ccc1Br)c1ccc(Br)c(O)c1. The van der Waals surface area contributed by atoms with E-state index in [1.807, 2.05) is 12.1 Å². The Morgan fingerprint density at radius 1 is 1.00 bits per heavy atom. The lowest BCUT2D eigenvalue weighted by atomic mass is 10.2. The van der Waals surface area contributed by atoms with Crippen molar-refractivity contribution >= 4 is 59.4 Å². The Morgan fingerprint density at radius 3 is 2.37 bits per heavy atom. The molecule has 0 bridgehead atoms. The molecule has 0 fully saturated rings. The van der Waals surface area contributed by atoms with Crippen LogP contribution in [0.5, 0.6) is 5.75 Å². The number of anilines is 1. The molecule has 2 aromatic rings. The second-order valence-electron chi connectivity index (χ2n) is 3.74. The van der Waals surface area contributed by atoms with Gasteiger partial charge in [-0.2, -0.15) is 0 Å². The number of halogens is 3. The zero-order valence-corrected chi connectivity index (χ0v) is 14.2. The Balaban J connectivity index is 2.25. The van der Waals surface area contributed by atoms with Crippen LogP contribution in [0, 0.1) is 0 Å². The molecule has 1 amide bonds. The van der Waals surface area contributed by atoms with Crippen LogP contribution in [0.1, 0.15) is 10.4 Å². The van der Waals surface area contributed by atoms with Crippen LogP contribution in [-0.4, -0.2) is 11.0 Å². The summed E-state index contributed by atoms with van der Waals surface area (Å²) in [5.74, 6) is -0.262. The fourth-order valence-corrected chi connectivity index (χ4v) is 2.40. The van der Waals surface area contributed by atoms with Gasteiger partial charge in [0, 0.05) is 14.5 Å². The summed E-state index contributed by atoms with van der Waals surface area (Å²) < 4.78 is 2.20. The Morgan fingerprint density at radius 2 is 1.68 bits per heavy atom. The predicted molar refractivity (Wildman–Crippen MR) is 85.6 cm³/mol. The summed E-state index contributed by atoms with van der Waals surface area (Å²) in [5, 5.41) is 12.3. The molecule has 0 atom stereocenters. The van der Waals surface area contributed by atoms with E-state index in [0.717, 1.165) is 8.95 Å². The molecule has 2 aromatic carbocycles. The number of phenols is 1. The van der Waals surface area contributed by atoms with Crippen molar-refractivity contribution in [2.45, 2.75) is 0 Å². The molecule has 0 saturated heterocycles. The number of carbonyl (C=O) groups excluding carboxylic acids is 1. The fraction of sp³-hybridized carbons (Fsp3) is 0. The maximum Gasteiger partial charge on any atom is 0.255 e. The highest BCUT2D eigenvalue weighted by molar-refractivity contribution is 9.11. The predicted octanol–water partition coefficient (Wildman–Crippen LogP) is 4.93. The van der Waals surface area contributed by atoms with Gasteiger partial charge in [-0.3, -0.25) is 4.79 Å². The van der Waals surface area contributed by atoms with Gasteiger partial charge in [-0.05, 0) is 68.3 Å². The van der Waals surface area contributed by atoms with Crippen molar-refractivity contribution in [2.24, 2.45) is 0 Å². The van der Waals surface area contributed by atoms with Gasteiger partial charge in [0.15, 0.2) is 0 Å². The third-order valence-corrected chi connectivity index (χ3v) is 4.24. The zero-order valence-electron chi connectivity index (χ0n) is 9.45. The summed E-state index contributed by atoms with van der Waals surface area (Å²) in [5.41, 5.74) is 1.04. The molecule has 0 aliphatic heterocycles. The molecule has 0 aliphatic carbocycles. The van der Waals surface area contributed by atoms with Gasteiger partial charge in [0.2, 0.25) is 0 Å². The van der Waals surface area contributed by atoms with Gasteiger partial charge in [0.25, 0.3) is 5.91 Å². The number of hydrogen-bond donors (Lipinski definition) is 2. The minimum Gasteiger partial charge on any atom is -0.507 e. The van der Waals surface area contributed by atoms with Crippen LogP contribution in [-0.2, 0) is 0 Å². The number of benzene rings is 2. The van der Waals surface area contributed by atoms with E-state index >= 15 is 0 Å². The number of aromatic hydroxyl groups is 1. The first-order chi connectivity index (χ1) is 8.97. The average molecular weight is 450 g/mol. The summed E-state index contributed by atoms with van der Waals surface area (Å²) >= 11 is 9.88. The van der Waals surface area contributed by atoms with E-state index in [-0.39, 0.29) is 11.7 Å². The van der Waals surface area contributed by atoms with Gasteiger partial charge in [-0.15, -0.1) is 0 Å². The third-order valence-electron chi connectivity index (χ3n) is 2.38. The Hall–Kier alpha value is -0.850. The smallest absolute Gasteiger partial charge is 0.255 e. The van der Waals surface area contributed by atoms with Crippen LogP contribution in [0.4, 0.5) is 5.69 Å². The lowest BCUT2D eigenvalue weighted by Crippen LogP contribution is -2.12. The van der Waals surface area contributed by atoms with Crippen LogP contribution >= 0.6 is 47.8 Å². The van der Waals surface area contributed by atoms with Crippen molar-refractivity contribution in [3.05, 3.63) is 55.4 Å². The Bertz CT molecular complexity index is 644. The van der Waals surface area contributed by atoms with E-state index in [4.69, 9.17) is 0 Å². The zero-order chi connectivity index (χ0) is 14.0. The van der Waals surface area contributed by atoms with E-state index in [9.17, 15) is 9.90 Å². The summed E-state index contributed by atoms with van der Waals surface area (Å²) in [4.78, 5) is 12.1. The number of carbonyl (C=O) groups is 1. The molecule has 0 heterocycles. The molecule has 3 nitrogen and oxygen atoms in total. The molecule has 0 aromatic heterocycles. The molecule has 2 rings (SSSR count). The molecule has 19 heavy (non-hydrogen) atoms. The first-order valence-electron chi connectivity index (χ1n) is 5.22. The summed E-state index contributed by atoms with van der Waals surface area (Å²) in [7, 11) is 0. The van der Waals surface area contributed by atoms with Crippen molar-refractivity contribution in [2.75, 3.05) is 5.32 Å². The molecule has 0 spiro atoms. The van der Waals surface area contributed by atoms with Gasteiger partial charge in [0.1, 0.15) is 5.75 Å². The van der Waals surface area contributed by atoms with Crippen molar-refractivity contribution < 1.29 is 9.90 Å². The number of hydrogen-bond acceptors (Lipinski definition) is 2. The molecule has 2 N–H and O–H groups in total. The highest BCUT2D eigenvalue weighted by Gasteiger charge is 2.10. The van der Waals surface area contributed by atoms with E-state index in [1.54, 1.807) is 18.2 Å². The lowest BCUT2D eigenvalue weighted by molar-refractivity contribution is 0.102. The minimum atomic E-state index is -0.290. The van der Waals surface area contributed by atoms with E-state index in [0.29, 0.717) is 15.7 Å². The van der Waals surface area contributed by atoms with Crippen LogP contribution in [0.3, 0.4) is 0 Å². The number of amides is 1. The summed E-state index contributed by atoms with van der Waals surface area (Å²) in [6.07, 6.45) is 0. The maximum absolute atomic E-state index is 12.1. The van der Waals surface area contributed by atoms with E-state index in [1.165, 1.54) is 6.07 Å². The number of rotatable bonds is 2. The summed E-state index contributed by atoms with van der Waals surface area (Å²) in [6, 6.07) is 10.2. The van der Waals surface area contributed by atoms with Gasteiger partial charge < -0.3 is 10.4 Å². The second-order valence-corrected chi connectivity index (χ2v) is 6.37. The second kappa shape index (κ2) is 6.07. The molecule has 98 valence electrons. The molecule has 0 saturated carbocycles. The maximum atomic E-state index is 12.1. The Kier molecular flexibility index (Phi) is 4.65. The largest absolute Gasteiger partial charge is 0.507 e. The van der Waals surface area contributed by atoms with E-state index in [2.05, 4.69) is 53.1 Å². The number of nitrogens with one attached hydrogen (secondary N) is 1. The van der Waals surface area contributed by atoms with Crippen molar-refractivity contribution in [3.8, 4) is 5.75 Å². The monoisotopic (exact) mass is 447 g/mol. The van der Waals surface area contributed by atoms with E-state index < -0.39 is 0 Å². The number of phenolic OH excluding ortho intramolecular Hbond substituents is 1. The standard InChI is InChI=1S/C13H8Br3NO2/c14-8-2-4-9(15)11(6-8)17-13(19)7-1-3-10(16)12(18)5-7/h1-6,18H,(H,17,19). The first kappa shape index (κ1) is 14.6. The summed E-state index contributed by atoms with van der Waals surface area (Å²) in [6.45, 7) is 0. The molecular formula is C13H8Br3NO2. The molecular weight excluding hydrogens is 442 g/mol. The average Bonchev–Trinajstić information content (AvgIpc) is 2.37. The highest BCUT2D eigenvalue weighted by atomic mass is 79.9. The van der Waals surface area contributed by atoms with Crippen molar-refractivity contribution in [1.82, 2.24) is 0 Å². The lowest BCUT2D eigenvalue weighted by Gasteiger charge is -2.08. The van der Waals surface area contributed by atoms with Crippen LogP contribution in [0.25, 0.3) is 0 Å². The quantitative estimate of drug-likeness (QED) is 0.682. The van der Waals surface area contributed by atoms with Gasteiger partial charge in [0.05, 0.1) is 10.2 Å². The molecule has 6 heteroatoms.